The number of rotatable bonds is 11. The van der Waals surface area contributed by atoms with E-state index in [4.69, 9.17) is 0 Å². The molecule has 3 fully saturated rings. The monoisotopic (exact) mass is 528 g/mol. The Morgan fingerprint density at radius 1 is 0.800 bits per heavy atom. The van der Waals surface area contributed by atoms with Gasteiger partial charge in [-0.05, 0) is 31.9 Å². The highest BCUT2D eigenvalue weighted by Gasteiger charge is 2.39. The second kappa shape index (κ2) is 12.0. The zero-order valence-corrected chi connectivity index (χ0v) is 20.9. The molecule has 4 atom stereocenters. The molecule has 3 aliphatic rings. The van der Waals surface area contributed by atoms with Gasteiger partial charge in [0.1, 0.15) is 0 Å². The van der Waals surface area contributed by atoms with Crippen molar-refractivity contribution in [2.45, 2.75) is 49.9 Å². The van der Waals surface area contributed by atoms with Crippen molar-refractivity contribution in [3.8, 4) is 0 Å². The number of hydrogen-bond donors (Lipinski definition) is 2. The summed E-state index contributed by atoms with van der Waals surface area (Å²) in [6, 6.07) is -3.34. The molecule has 2 saturated heterocycles. The number of amides is 4. The van der Waals surface area contributed by atoms with E-state index in [0.717, 1.165) is 34.4 Å². The number of carboxylic acid groups (broad SMARTS) is 2. The molecular formula is C21H28N4O8S2-2. The average Bonchev–Trinajstić information content (AvgIpc) is 3.42. The van der Waals surface area contributed by atoms with Crippen molar-refractivity contribution in [1.82, 2.24) is 20.4 Å². The summed E-state index contributed by atoms with van der Waals surface area (Å²) in [4.78, 5) is 74.4. The predicted octanol–water partition coefficient (Wildman–Crippen LogP) is -3.84. The molecular weight excluding hydrogens is 500 g/mol. The first-order chi connectivity index (χ1) is 16.6. The first-order valence-corrected chi connectivity index (χ1v) is 13.8. The second-order valence-electron chi connectivity index (χ2n) is 8.90. The molecule has 14 heteroatoms. The Bertz CT molecular complexity index is 883. The topological polar surface area (TPSA) is 179 Å². The van der Waals surface area contributed by atoms with Crippen LogP contribution >= 0.6 is 23.5 Å². The summed E-state index contributed by atoms with van der Waals surface area (Å²) in [5.74, 6) is -4.50. The molecule has 0 unspecified atom stereocenters. The van der Waals surface area contributed by atoms with Gasteiger partial charge in [-0.15, -0.1) is 11.8 Å². The Morgan fingerprint density at radius 3 is 1.71 bits per heavy atom. The molecule has 0 bridgehead atoms. The van der Waals surface area contributed by atoms with Gasteiger partial charge in [0, 0.05) is 31.1 Å². The predicted molar refractivity (Wildman–Crippen MR) is 123 cm³/mol. The fourth-order valence-electron chi connectivity index (χ4n) is 4.34. The normalized spacial score (nSPS) is 25.9. The van der Waals surface area contributed by atoms with Crippen LogP contribution in [-0.4, -0.2) is 106 Å². The van der Waals surface area contributed by atoms with Crippen LogP contribution < -0.4 is 20.8 Å². The molecule has 4 amide bonds. The largest absolute Gasteiger partial charge is 0.548 e. The van der Waals surface area contributed by atoms with Gasteiger partial charge in [0.05, 0.1) is 41.3 Å². The van der Waals surface area contributed by atoms with Gasteiger partial charge < -0.3 is 40.2 Å². The van der Waals surface area contributed by atoms with Gasteiger partial charge in [-0.1, -0.05) is 0 Å². The van der Waals surface area contributed by atoms with Crippen LogP contribution in [-0.2, 0) is 28.8 Å². The number of carboxylic acids is 2. The van der Waals surface area contributed by atoms with Gasteiger partial charge in [0.25, 0.3) is 0 Å². The lowest BCUT2D eigenvalue weighted by molar-refractivity contribution is -0.311. The van der Waals surface area contributed by atoms with Gasteiger partial charge in [0.2, 0.25) is 23.6 Å². The maximum atomic E-state index is 12.7. The summed E-state index contributed by atoms with van der Waals surface area (Å²) in [5.41, 5.74) is 0. The quantitative estimate of drug-likeness (QED) is 0.270. The van der Waals surface area contributed by atoms with Crippen molar-refractivity contribution >= 4 is 59.1 Å². The summed E-state index contributed by atoms with van der Waals surface area (Å²) in [6.07, 6.45) is 3.45. The summed E-state index contributed by atoms with van der Waals surface area (Å²) < 4.78 is 0. The number of likely N-dealkylation sites (tertiary alicyclic amines) is 2. The zero-order chi connectivity index (χ0) is 25.7. The fourth-order valence-corrected chi connectivity index (χ4v) is 5.46. The van der Waals surface area contributed by atoms with E-state index in [1.165, 1.54) is 11.8 Å². The van der Waals surface area contributed by atoms with Gasteiger partial charge >= 0.3 is 0 Å². The van der Waals surface area contributed by atoms with Crippen molar-refractivity contribution in [3.05, 3.63) is 0 Å². The van der Waals surface area contributed by atoms with Crippen LogP contribution in [0.25, 0.3) is 0 Å². The Hall–Kier alpha value is -2.48. The van der Waals surface area contributed by atoms with E-state index in [1.54, 1.807) is 6.26 Å². The van der Waals surface area contributed by atoms with Crippen molar-refractivity contribution in [1.29, 1.82) is 0 Å². The molecule has 2 aliphatic heterocycles. The number of aliphatic carboxylic acids is 2. The molecule has 35 heavy (non-hydrogen) atoms. The maximum Gasteiger partial charge on any atom is 0.233 e. The van der Waals surface area contributed by atoms with Crippen LogP contribution in [0.15, 0.2) is 0 Å². The van der Waals surface area contributed by atoms with E-state index in [0.29, 0.717) is 0 Å². The minimum atomic E-state index is -1.42. The van der Waals surface area contributed by atoms with Crippen LogP contribution in [0.1, 0.15) is 25.7 Å². The molecule has 12 nitrogen and oxygen atoms in total. The van der Waals surface area contributed by atoms with Gasteiger partial charge in [-0.3, -0.25) is 19.2 Å². The lowest BCUT2D eigenvalue weighted by atomic mass is 10.1. The lowest BCUT2D eigenvalue weighted by Crippen LogP contribution is -2.48. The number of nitrogens with one attached hydrogen (secondary N) is 2. The third kappa shape index (κ3) is 7.26. The Kier molecular flexibility index (Phi) is 9.27. The van der Waals surface area contributed by atoms with Crippen LogP contribution in [0.4, 0.5) is 0 Å². The SMILES string of the molecule is CSCC(=O)N[C@H]1C[C@@H](C(=O)[O-])N(C(=O)CSCC(=O)N2C[C@@H](NC(=O)C3CC3)C[C@H]2C(=O)[O-])C1. The molecule has 194 valence electrons. The zero-order valence-electron chi connectivity index (χ0n) is 19.2. The van der Waals surface area contributed by atoms with Crippen molar-refractivity contribution in [2.75, 3.05) is 36.6 Å². The van der Waals surface area contributed by atoms with Crippen molar-refractivity contribution in [2.24, 2.45) is 5.92 Å². The van der Waals surface area contributed by atoms with Crippen molar-refractivity contribution < 1.29 is 39.0 Å². The van der Waals surface area contributed by atoms with Crippen LogP contribution in [0.5, 0.6) is 0 Å². The number of nitrogens with zero attached hydrogens (tertiary/aromatic N) is 2. The van der Waals surface area contributed by atoms with Gasteiger partial charge in [-0.2, -0.15) is 11.8 Å². The van der Waals surface area contributed by atoms with Crippen LogP contribution in [0, 0.1) is 5.92 Å². The van der Waals surface area contributed by atoms with E-state index < -0.39 is 47.9 Å². The molecule has 0 radical (unpaired) electrons. The minimum Gasteiger partial charge on any atom is -0.548 e. The molecule has 1 saturated carbocycles. The van der Waals surface area contributed by atoms with E-state index in [-0.39, 0.29) is 60.9 Å². The molecule has 0 aromatic heterocycles. The number of hydrogen-bond acceptors (Lipinski definition) is 10. The lowest BCUT2D eigenvalue weighted by Gasteiger charge is -2.26. The highest BCUT2D eigenvalue weighted by atomic mass is 32.2. The van der Waals surface area contributed by atoms with Gasteiger partial charge in [-0.25, -0.2) is 0 Å². The molecule has 1 aliphatic carbocycles. The third-order valence-electron chi connectivity index (χ3n) is 6.17. The standard InChI is InChI=1S/C21H30N4O8S2/c1-34-8-16(26)22-12-4-14(20(30)31)24(6-12)17(27)9-35-10-18(28)25-7-13(5-15(25)21(32)33)23-19(29)11-2-3-11/h11-15H,2-10H2,1H3,(H,22,26)(H,23,29)(H,30,31)(H,32,33)/p-2/t12-,13-,14-,15-/m0/s1. The Labute approximate surface area is 210 Å². The molecule has 3 rings (SSSR count). The summed E-state index contributed by atoms with van der Waals surface area (Å²) in [6.45, 7) is 0.0636. The van der Waals surface area contributed by atoms with E-state index in [9.17, 15) is 39.0 Å². The van der Waals surface area contributed by atoms with Crippen molar-refractivity contribution in [3.63, 3.8) is 0 Å². The molecule has 2 heterocycles. The second-order valence-corrected chi connectivity index (χ2v) is 10.8. The van der Waals surface area contributed by atoms with Crippen LogP contribution in [0.2, 0.25) is 0 Å². The summed E-state index contributed by atoms with van der Waals surface area (Å²) in [5, 5.41) is 28.5. The Balaban J connectivity index is 1.49. The maximum absolute atomic E-state index is 12.7. The fraction of sp³-hybridized carbons (Fsp3) is 0.714. The number of carbonyl (C=O) groups excluding carboxylic acids is 6. The Morgan fingerprint density at radius 2 is 1.29 bits per heavy atom. The molecule has 0 aromatic rings. The van der Waals surface area contributed by atoms with Crippen LogP contribution in [0.3, 0.4) is 0 Å². The first kappa shape index (κ1) is 27.1. The molecule has 2 N–H and O–H groups in total. The number of carbonyl (C=O) groups is 6. The highest BCUT2D eigenvalue weighted by Crippen LogP contribution is 2.30. The summed E-state index contributed by atoms with van der Waals surface area (Å²) >= 11 is 2.26. The molecule has 0 aromatic carbocycles. The number of thioether (sulfide) groups is 2. The summed E-state index contributed by atoms with van der Waals surface area (Å²) in [7, 11) is 0. The third-order valence-corrected chi connectivity index (χ3v) is 7.63. The molecule has 0 spiro atoms. The van der Waals surface area contributed by atoms with E-state index in [1.807, 2.05) is 0 Å². The average molecular weight is 529 g/mol. The highest BCUT2D eigenvalue weighted by molar-refractivity contribution is 8.00. The van der Waals surface area contributed by atoms with E-state index >= 15 is 0 Å². The minimum absolute atomic E-state index is 0.0212. The van der Waals surface area contributed by atoms with E-state index in [2.05, 4.69) is 10.6 Å². The smallest absolute Gasteiger partial charge is 0.233 e. The van der Waals surface area contributed by atoms with Gasteiger partial charge in [0.15, 0.2) is 0 Å². The first-order valence-electron chi connectivity index (χ1n) is 11.3.